The molecule has 0 spiro atoms. The molecule has 1 amide bonds. The van der Waals surface area contributed by atoms with Crippen LogP contribution in [0.4, 0.5) is 5.69 Å². The number of hydrogen-bond acceptors (Lipinski definition) is 3. The number of aryl methyl sites for hydroxylation is 2. The highest BCUT2D eigenvalue weighted by molar-refractivity contribution is 5.83. The Bertz CT molecular complexity index is 703. The minimum Gasteiger partial charge on any atom is -0.378 e. The zero-order chi connectivity index (χ0) is 16.8. The van der Waals surface area contributed by atoms with Gasteiger partial charge in [-0.1, -0.05) is 30.3 Å². The number of nitrogens with zero attached hydrogens (tertiary/aromatic N) is 2. The van der Waals surface area contributed by atoms with Crippen LogP contribution in [0.2, 0.25) is 0 Å². The van der Waals surface area contributed by atoms with E-state index in [2.05, 4.69) is 17.5 Å². The van der Waals surface area contributed by atoms with Gasteiger partial charge < -0.3 is 4.90 Å². The molecule has 0 radical (unpaired) electrons. The highest BCUT2D eigenvalue weighted by Crippen LogP contribution is 2.11. The first-order valence-electron chi connectivity index (χ1n) is 7.61. The summed E-state index contributed by atoms with van der Waals surface area (Å²) in [6, 6.07) is 14.0. The minimum atomic E-state index is -0.116. The SMILES string of the molecule is Cc1ccc(CC(=O)N/N=C\c2ccc(N(C)C)cc2)cc1C. The monoisotopic (exact) mass is 309 g/mol. The highest BCUT2D eigenvalue weighted by Gasteiger charge is 2.03. The van der Waals surface area contributed by atoms with Crippen LogP contribution in [0.15, 0.2) is 47.6 Å². The van der Waals surface area contributed by atoms with E-state index in [-0.39, 0.29) is 5.91 Å². The van der Waals surface area contributed by atoms with E-state index in [9.17, 15) is 4.79 Å². The van der Waals surface area contributed by atoms with E-state index >= 15 is 0 Å². The lowest BCUT2D eigenvalue weighted by atomic mass is 10.0. The van der Waals surface area contributed by atoms with Gasteiger partial charge in [-0.15, -0.1) is 0 Å². The van der Waals surface area contributed by atoms with Crippen LogP contribution in [0, 0.1) is 13.8 Å². The second kappa shape index (κ2) is 7.58. The summed E-state index contributed by atoms with van der Waals surface area (Å²) >= 11 is 0. The lowest BCUT2D eigenvalue weighted by Gasteiger charge is -2.11. The summed E-state index contributed by atoms with van der Waals surface area (Å²) < 4.78 is 0. The van der Waals surface area contributed by atoms with Crippen LogP contribution in [0.1, 0.15) is 22.3 Å². The van der Waals surface area contributed by atoms with E-state index < -0.39 is 0 Å². The van der Waals surface area contributed by atoms with Crippen molar-refractivity contribution in [3.8, 4) is 0 Å². The molecule has 0 fully saturated rings. The quantitative estimate of drug-likeness (QED) is 0.681. The Balaban J connectivity index is 1.89. The molecule has 0 bridgehead atoms. The molecule has 2 rings (SSSR count). The number of nitrogens with one attached hydrogen (secondary N) is 1. The molecule has 0 heterocycles. The number of carbonyl (C=O) groups is 1. The molecule has 0 atom stereocenters. The largest absolute Gasteiger partial charge is 0.378 e. The van der Waals surface area contributed by atoms with Gasteiger partial charge in [0.2, 0.25) is 5.91 Å². The topological polar surface area (TPSA) is 44.7 Å². The van der Waals surface area contributed by atoms with Crippen LogP contribution in [0.3, 0.4) is 0 Å². The fraction of sp³-hybridized carbons (Fsp3) is 0.263. The summed E-state index contributed by atoms with van der Waals surface area (Å²) in [6.07, 6.45) is 1.98. The van der Waals surface area contributed by atoms with Gasteiger partial charge in [0.1, 0.15) is 0 Å². The molecule has 1 N–H and O–H groups in total. The lowest BCUT2D eigenvalue weighted by molar-refractivity contribution is -0.120. The van der Waals surface area contributed by atoms with Crippen molar-refractivity contribution < 1.29 is 4.79 Å². The zero-order valence-electron chi connectivity index (χ0n) is 14.1. The summed E-state index contributed by atoms with van der Waals surface area (Å²) in [5.41, 5.74) is 8.06. The average molecular weight is 309 g/mol. The van der Waals surface area contributed by atoms with Crippen molar-refractivity contribution in [2.45, 2.75) is 20.3 Å². The first-order valence-corrected chi connectivity index (χ1v) is 7.61. The number of anilines is 1. The molecule has 120 valence electrons. The number of benzene rings is 2. The van der Waals surface area contributed by atoms with Crippen LogP contribution in [-0.4, -0.2) is 26.2 Å². The van der Waals surface area contributed by atoms with Crippen molar-refractivity contribution in [3.05, 3.63) is 64.7 Å². The third kappa shape index (κ3) is 4.95. The van der Waals surface area contributed by atoms with Crippen molar-refractivity contribution in [1.82, 2.24) is 5.43 Å². The predicted molar refractivity (Wildman–Crippen MR) is 96.1 cm³/mol. The standard InChI is InChI=1S/C19H23N3O/c1-14-5-6-17(11-15(14)2)12-19(23)21-20-13-16-7-9-18(10-8-16)22(3)4/h5-11,13H,12H2,1-4H3,(H,21,23)/b20-13-. The van der Waals surface area contributed by atoms with E-state index in [4.69, 9.17) is 0 Å². The first kappa shape index (κ1) is 16.7. The summed E-state index contributed by atoms with van der Waals surface area (Å²) in [5, 5.41) is 4.01. The first-order chi connectivity index (χ1) is 11.0. The van der Waals surface area contributed by atoms with Gasteiger partial charge in [0.15, 0.2) is 0 Å². The molecule has 4 nitrogen and oxygen atoms in total. The fourth-order valence-corrected chi connectivity index (χ4v) is 2.18. The van der Waals surface area contributed by atoms with Crippen molar-refractivity contribution in [3.63, 3.8) is 0 Å². The maximum atomic E-state index is 11.9. The summed E-state index contributed by atoms with van der Waals surface area (Å²) in [5.74, 6) is -0.116. The van der Waals surface area contributed by atoms with E-state index in [1.165, 1.54) is 11.1 Å². The van der Waals surface area contributed by atoms with Gasteiger partial charge in [-0.3, -0.25) is 4.79 Å². The van der Waals surface area contributed by atoms with Gasteiger partial charge >= 0.3 is 0 Å². The highest BCUT2D eigenvalue weighted by atomic mass is 16.2. The molecule has 0 aliphatic heterocycles. The van der Waals surface area contributed by atoms with Crippen LogP contribution < -0.4 is 10.3 Å². The Morgan fingerprint density at radius 2 is 1.78 bits per heavy atom. The second-order valence-corrected chi connectivity index (χ2v) is 5.87. The van der Waals surface area contributed by atoms with E-state index in [0.29, 0.717) is 6.42 Å². The van der Waals surface area contributed by atoms with Crippen LogP contribution >= 0.6 is 0 Å². The molecule has 0 saturated carbocycles. The number of carbonyl (C=O) groups excluding carboxylic acids is 1. The number of hydrogen-bond donors (Lipinski definition) is 1. The molecule has 0 aliphatic rings. The van der Waals surface area contributed by atoms with Crippen molar-refractivity contribution in [1.29, 1.82) is 0 Å². The number of hydrazone groups is 1. The van der Waals surface area contributed by atoms with Gasteiger partial charge in [0.25, 0.3) is 0 Å². The predicted octanol–water partition coefficient (Wildman–Crippen LogP) is 3.06. The Kier molecular flexibility index (Phi) is 5.52. The van der Waals surface area contributed by atoms with Gasteiger partial charge in [0.05, 0.1) is 12.6 Å². The number of rotatable bonds is 5. The molecule has 2 aromatic rings. The normalized spacial score (nSPS) is 10.8. The van der Waals surface area contributed by atoms with E-state index in [1.54, 1.807) is 6.21 Å². The van der Waals surface area contributed by atoms with Crippen LogP contribution in [0.25, 0.3) is 0 Å². The molecular formula is C19H23N3O. The van der Waals surface area contributed by atoms with Crippen LogP contribution in [-0.2, 0) is 11.2 Å². The minimum absolute atomic E-state index is 0.116. The molecule has 0 aromatic heterocycles. The molecule has 0 saturated heterocycles. The molecule has 0 unspecified atom stereocenters. The summed E-state index contributed by atoms with van der Waals surface area (Å²) in [7, 11) is 3.99. The zero-order valence-corrected chi connectivity index (χ0v) is 14.1. The van der Waals surface area contributed by atoms with E-state index in [1.807, 2.05) is 68.4 Å². The van der Waals surface area contributed by atoms with Gasteiger partial charge in [-0.05, 0) is 48.2 Å². The maximum Gasteiger partial charge on any atom is 0.244 e. The van der Waals surface area contributed by atoms with Gasteiger partial charge in [-0.2, -0.15) is 5.10 Å². The molecular weight excluding hydrogens is 286 g/mol. The molecule has 23 heavy (non-hydrogen) atoms. The molecule has 4 heteroatoms. The molecule has 2 aromatic carbocycles. The van der Waals surface area contributed by atoms with Crippen molar-refractivity contribution in [2.24, 2.45) is 5.10 Å². The number of amides is 1. The summed E-state index contributed by atoms with van der Waals surface area (Å²) in [6.45, 7) is 4.11. The Morgan fingerprint density at radius 3 is 2.39 bits per heavy atom. The van der Waals surface area contributed by atoms with Crippen molar-refractivity contribution in [2.75, 3.05) is 19.0 Å². The fourth-order valence-electron chi connectivity index (χ4n) is 2.18. The van der Waals surface area contributed by atoms with Gasteiger partial charge in [0, 0.05) is 19.8 Å². The Labute approximate surface area is 137 Å². The third-order valence-corrected chi connectivity index (χ3v) is 3.75. The van der Waals surface area contributed by atoms with Gasteiger partial charge in [-0.25, -0.2) is 5.43 Å². The Morgan fingerprint density at radius 1 is 1.09 bits per heavy atom. The van der Waals surface area contributed by atoms with Crippen molar-refractivity contribution >= 4 is 17.8 Å². The lowest BCUT2D eigenvalue weighted by Crippen LogP contribution is -2.19. The molecule has 0 aliphatic carbocycles. The van der Waals surface area contributed by atoms with E-state index in [0.717, 1.165) is 16.8 Å². The average Bonchev–Trinajstić information content (AvgIpc) is 2.51. The third-order valence-electron chi connectivity index (χ3n) is 3.75. The smallest absolute Gasteiger partial charge is 0.244 e. The maximum absolute atomic E-state index is 11.9. The summed E-state index contributed by atoms with van der Waals surface area (Å²) in [4.78, 5) is 13.9. The Hall–Kier alpha value is -2.62. The second-order valence-electron chi connectivity index (χ2n) is 5.87. The van der Waals surface area contributed by atoms with Crippen LogP contribution in [0.5, 0.6) is 0 Å².